The number of methoxy groups -OCH3 is 1. The fraction of sp³-hybridized carbons (Fsp3) is 0.190. The van der Waals surface area contributed by atoms with Gasteiger partial charge in [-0.2, -0.15) is 5.10 Å². The lowest BCUT2D eigenvalue weighted by Crippen LogP contribution is -2.05. The lowest BCUT2D eigenvalue weighted by Gasteiger charge is -2.10. The van der Waals surface area contributed by atoms with Crippen LogP contribution >= 0.6 is 11.3 Å². The van der Waals surface area contributed by atoms with Gasteiger partial charge < -0.3 is 14.8 Å². The number of carbonyl (C=O) groups is 1. The zero-order chi connectivity index (χ0) is 20.6. The number of hydrogen-bond acceptors (Lipinski definition) is 7. The highest BCUT2D eigenvalue weighted by molar-refractivity contribution is 7.14. The number of rotatable bonds is 8. The van der Waals surface area contributed by atoms with Crippen LogP contribution in [0.1, 0.15) is 19.4 Å². The van der Waals surface area contributed by atoms with Crippen LogP contribution in [0.5, 0.6) is 11.5 Å². The third kappa shape index (κ3) is 5.32. The molecular weight excluding hydrogens is 388 g/mol. The van der Waals surface area contributed by atoms with Gasteiger partial charge in [0, 0.05) is 29.1 Å². The van der Waals surface area contributed by atoms with Crippen LogP contribution in [0, 0.1) is 0 Å². The summed E-state index contributed by atoms with van der Waals surface area (Å²) >= 11 is 1.45. The number of thiazole rings is 1. The molecule has 2 N–H and O–H groups in total. The van der Waals surface area contributed by atoms with E-state index in [2.05, 4.69) is 20.8 Å². The van der Waals surface area contributed by atoms with E-state index in [0.29, 0.717) is 23.2 Å². The van der Waals surface area contributed by atoms with Gasteiger partial charge in [0.2, 0.25) is 11.0 Å². The summed E-state index contributed by atoms with van der Waals surface area (Å²) in [5.74, 6) is 1.22. The summed E-state index contributed by atoms with van der Waals surface area (Å²) in [6.45, 7) is 3.97. The molecule has 2 aromatic carbocycles. The lowest BCUT2D eigenvalue weighted by atomic mass is 10.1. The first-order chi connectivity index (χ1) is 14.1. The number of ether oxygens (including phenoxy) is 2. The normalized spacial score (nSPS) is 10.7. The molecule has 0 aliphatic heterocycles. The average Bonchev–Trinajstić information content (AvgIpc) is 3.17. The van der Waals surface area contributed by atoms with Gasteiger partial charge in [-0.1, -0.05) is 18.2 Å². The Bertz CT molecular complexity index is 999. The predicted molar refractivity (Wildman–Crippen MR) is 117 cm³/mol. The highest BCUT2D eigenvalue weighted by Crippen LogP contribution is 2.30. The molecule has 8 heteroatoms. The van der Waals surface area contributed by atoms with Crippen LogP contribution in [0.3, 0.4) is 0 Å². The number of nitrogens with zero attached hydrogens (tertiary/aromatic N) is 2. The largest absolute Gasteiger partial charge is 0.492 e. The molecule has 0 saturated heterocycles. The van der Waals surface area contributed by atoms with Crippen molar-refractivity contribution in [2.24, 2.45) is 5.10 Å². The number of hydrazone groups is 1. The Morgan fingerprint density at radius 1 is 1.24 bits per heavy atom. The van der Waals surface area contributed by atoms with Crippen LogP contribution in [0.15, 0.2) is 52.9 Å². The van der Waals surface area contributed by atoms with Gasteiger partial charge in [0.15, 0.2) is 11.5 Å². The number of hydrogen-bond donors (Lipinski definition) is 2. The first kappa shape index (κ1) is 20.3. The number of carbonyl (C=O) groups excluding carboxylic acids is 1. The van der Waals surface area contributed by atoms with Gasteiger partial charge >= 0.3 is 0 Å². The van der Waals surface area contributed by atoms with Crippen molar-refractivity contribution >= 4 is 34.3 Å². The predicted octanol–water partition coefficient (Wildman–Crippen LogP) is 4.62. The van der Waals surface area contributed by atoms with Crippen LogP contribution < -0.4 is 20.2 Å². The van der Waals surface area contributed by atoms with Crippen LogP contribution in [0.4, 0.5) is 10.8 Å². The minimum absolute atomic E-state index is 0.0980. The molecule has 0 spiro atoms. The maximum absolute atomic E-state index is 11.1. The van der Waals surface area contributed by atoms with Crippen molar-refractivity contribution in [3.63, 3.8) is 0 Å². The average molecular weight is 410 g/mol. The van der Waals surface area contributed by atoms with Crippen LogP contribution in [-0.2, 0) is 4.79 Å². The Hall–Kier alpha value is -3.39. The third-order valence-corrected chi connectivity index (χ3v) is 4.63. The van der Waals surface area contributed by atoms with Crippen molar-refractivity contribution < 1.29 is 14.3 Å². The van der Waals surface area contributed by atoms with E-state index in [1.807, 2.05) is 54.8 Å². The van der Waals surface area contributed by atoms with Crippen LogP contribution in [0.2, 0.25) is 0 Å². The second-order valence-electron chi connectivity index (χ2n) is 5.98. The fourth-order valence-corrected chi connectivity index (χ4v) is 3.33. The summed E-state index contributed by atoms with van der Waals surface area (Å²) in [4.78, 5) is 15.6. The van der Waals surface area contributed by atoms with Gasteiger partial charge in [-0.3, -0.25) is 10.2 Å². The molecule has 0 unspecified atom stereocenters. The Kier molecular flexibility index (Phi) is 6.80. The molecule has 0 bridgehead atoms. The Morgan fingerprint density at radius 2 is 2.03 bits per heavy atom. The first-order valence-corrected chi connectivity index (χ1v) is 9.91. The molecule has 3 rings (SSSR count). The molecule has 0 radical (unpaired) electrons. The van der Waals surface area contributed by atoms with Crippen molar-refractivity contribution in [3.8, 4) is 22.8 Å². The van der Waals surface area contributed by atoms with Crippen molar-refractivity contribution in [3.05, 3.63) is 53.4 Å². The summed E-state index contributed by atoms with van der Waals surface area (Å²) in [5, 5.41) is 9.63. The fourth-order valence-electron chi connectivity index (χ4n) is 2.66. The number of nitrogens with one attached hydrogen (secondary N) is 2. The number of anilines is 2. The van der Waals surface area contributed by atoms with E-state index in [1.165, 1.54) is 18.3 Å². The second kappa shape index (κ2) is 9.70. The summed E-state index contributed by atoms with van der Waals surface area (Å²) in [6, 6.07) is 13.2. The van der Waals surface area contributed by atoms with Gasteiger partial charge in [0.05, 0.1) is 25.6 Å². The monoisotopic (exact) mass is 410 g/mol. The minimum Gasteiger partial charge on any atom is -0.492 e. The summed E-state index contributed by atoms with van der Waals surface area (Å²) in [6.07, 6.45) is 1.67. The smallest absolute Gasteiger partial charge is 0.221 e. The van der Waals surface area contributed by atoms with Crippen molar-refractivity contribution in [2.45, 2.75) is 13.8 Å². The molecule has 1 aromatic heterocycles. The lowest BCUT2D eigenvalue weighted by molar-refractivity contribution is -0.114. The molecule has 0 aliphatic rings. The van der Waals surface area contributed by atoms with Gasteiger partial charge in [0.25, 0.3) is 0 Å². The molecule has 0 aliphatic carbocycles. The van der Waals surface area contributed by atoms with E-state index < -0.39 is 0 Å². The number of aromatic nitrogens is 1. The van der Waals surface area contributed by atoms with Crippen molar-refractivity contribution in [1.82, 2.24) is 4.98 Å². The highest BCUT2D eigenvalue weighted by Gasteiger charge is 2.08. The zero-order valence-electron chi connectivity index (χ0n) is 16.4. The number of benzene rings is 2. The summed E-state index contributed by atoms with van der Waals surface area (Å²) in [5.41, 5.74) is 6.29. The van der Waals surface area contributed by atoms with E-state index in [-0.39, 0.29) is 5.91 Å². The van der Waals surface area contributed by atoms with Gasteiger partial charge in [-0.25, -0.2) is 4.98 Å². The third-order valence-electron chi connectivity index (χ3n) is 3.88. The maximum Gasteiger partial charge on any atom is 0.221 e. The van der Waals surface area contributed by atoms with E-state index in [1.54, 1.807) is 13.3 Å². The highest BCUT2D eigenvalue weighted by atomic mass is 32.1. The Labute approximate surface area is 173 Å². The molecule has 0 fully saturated rings. The quantitative estimate of drug-likeness (QED) is 0.418. The van der Waals surface area contributed by atoms with Gasteiger partial charge in [-0.05, 0) is 31.2 Å². The number of amides is 1. The van der Waals surface area contributed by atoms with E-state index in [0.717, 1.165) is 22.5 Å². The number of para-hydroxylation sites is 1. The minimum atomic E-state index is -0.0980. The zero-order valence-corrected chi connectivity index (χ0v) is 17.2. The first-order valence-electron chi connectivity index (χ1n) is 9.03. The SMILES string of the molecule is CCOc1cccc(/C=N\Nc2nc(-c3ccc(NC(C)=O)cc3)cs2)c1OC. The van der Waals surface area contributed by atoms with Gasteiger partial charge in [-0.15, -0.1) is 11.3 Å². The Balaban J connectivity index is 1.68. The molecule has 150 valence electrons. The molecular formula is C21H22N4O3S. The molecule has 0 atom stereocenters. The molecule has 3 aromatic rings. The second-order valence-corrected chi connectivity index (χ2v) is 6.84. The molecule has 0 saturated carbocycles. The Morgan fingerprint density at radius 3 is 2.72 bits per heavy atom. The standard InChI is InChI=1S/C21H22N4O3S/c1-4-28-19-7-5-6-16(20(19)27-3)12-22-25-21-24-18(13-29-21)15-8-10-17(11-9-15)23-14(2)26/h5-13H,4H2,1-3H3,(H,23,26)(H,24,25)/b22-12-. The topological polar surface area (TPSA) is 84.8 Å². The van der Waals surface area contributed by atoms with Crippen LogP contribution in [0.25, 0.3) is 11.3 Å². The molecule has 29 heavy (non-hydrogen) atoms. The summed E-state index contributed by atoms with van der Waals surface area (Å²) in [7, 11) is 1.60. The van der Waals surface area contributed by atoms with Crippen molar-refractivity contribution in [2.75, 3.05) is 24.5 Å². The molecule has 1 heterocycles. The summed E-state index contributed by atoms with van der Waals surface area (Å²) < 4.78 is 11.0. The van der Waals surface area contributed by atoms with Gasteiger partial charge in [0.1, 0.15) is 0 Å². The van der Waals surface area contributed by atoms with Crippen molar-refractivity contribution in [1.29, 1.82) is 0 Å². The van der Waals surface area contributed by atoms with E-state index >= 15 is 0 Å². The van der Waals surface area contributed by atoms with E-state index in [4.69, 9.17) is 9.47 Å². The van der Waals surface area contributed by atoms with Crippen LogP contribution in [-0.4, -0.2) is 30.8 Å². The molecule has 7 nitrogen and oxygen atoms in total. The van der Waals surface area contributed by atoms with E-state index in [9.17, 15) is 4.79 Å². The molecule has 1 amide bonds. The maximum atomic E-state index is 11.1.